The summed E-state index contributed by atoms with van der Waals surface area (Å²) in [6.07, 6.45) is 0. The van der Waals surface area contributed by atoms with Crippen molar-refractivity contribution < 1.29 is 63.2 Å². The Bertz CT molecular complexity index is 6.90. The fraction of sp³-hybridized carbons (Fsp3) is 0. The van der Waals surface area contributed by atoms with Gasteiger partial charge in [-0.2, -0.15) is 0 Å². The molecule has 0 aromatic rings. The van der Waals surface area contributed by atoms with Crippen LogP contribution in [-0.2, 0) is 63.2 Å². The van der Waals surface area contributed by atoms with E-state index in [1.165, 1.54) is 0 Å². The maximum atomic E-state index is 0. The summed E-state index contributed by atoms with van der Waals surface area (Å²) in [5.41, 5.74) is 0. The van der Waals surface area contributed by atoms with Crippen LogP contribution in [0.25, 0.3) is 0 Å². The molecule has 0 nitrogen and oxygen atoms in total. The predicted octanol–water partition coefficient (Wildman–Crippen LogP) is 1.79. The fourth-order valence-electron chi connectivity index (χ4n) is 0. The Balaban J connectivity index is 0. The summed E-state index contributed by atoms with van der Waals surface area (Å²) in [5, 5.41) is 0. The minimum absolute atomic E-state index is 0. The second kappa shape index (κ2) is 94.4. The van der Waals surface area contributed by atoms with Crippen molar-refractivity contribution in [2.24, 2.45) is 0 Å². The van der Waals surface area contributed by atoms with Crippen LogP contribution in [0, 0.1) is 29.7 Å². The van der Waals surface area contributed by atoms with Crippen molar-refractivity contribution in [3.05, 3.63) is 29.7 Å². The van der Waals surface area contributed by atoms with Crippen LogP contribution < -0.4 is 0 Å². The van der Waals surface area contributed by atoms with E-state index < -0.39 is 0 Å². The largest absolute Gasteiger partial charge is 2.00 e. The third kappa shape index (κ3) is 69.6. The molecule has 0 spiro atoms. The van der Waals surface area contributed by atoms with E-state index >= 15 is 0 Å². The first kappa shape index (κ1) is 138. The third-order valence-electron chi connectivity index (χ3n) is 0. The molecule has 0 unspecified atom stereocenters. The van der Waals surface area contributed by atoms with Gasteiger partial charge < -0.3 is 29.7 Å². The maximum absolute atomic E-state index is 0. The Morgan fingerprint density at radius 3 is 0.429 bits per heavy atom. The topological polar surface area (TPSA) is 0 Å². The molecule has 0 aromatic heterocycles. The van der Waals surface area contributed by atoms with Gasteiger partial charge in [0.15, 0.2) is 0 Å². The van der Waals surface area contributed by atoms with Crippen molar-refractivity contribution in [1.82, 2.24) is 0 Å². The van der Waals surface area contributed by atoms with Crippen LogP contribution in [-0.4, -0.2) is 0 Å². The van der Waals surface area contributed by atoms with E-state index in [0.717, 1.165) is 0 Å². The zero-order valence-electron chi connectivity index (χ0n) is 5.22. The second-order valence-electron chi connectivity index (χ2n) is 0. The average Bonchev–Trinajstić information content (AvgIpc) is 0. The van der Waals surface area contributed by atoms with Gasteiger partial charge in [0.2, 0.25) is 0 Å². The van der Waals surface area contributed by atoms with Crippen LogP contribution >= 0.6 is 0 Å². The second-order valence-corrected chi connectivity index (χ2v) is 0. The average molecular weight is 612 g/mol. The molecule has 0 bridgehead atoms. The van der Waals surface area contributed by atoms with Gasteiger partial charge in [-0.25, -0.2) is 0 Å². The Kier molecular flexibility index (Phi) is 1860. The summed E-state index contributed by atoms with van der Waals surface area (Å²) in [6.45, 7) is 0. The molecule has 0 rings (SSSR count). The Hall–Kier alpha value is 2.06. The van der Waals surface area contributed by atoms with Crippen LogP contribution in [0.1, 0.15) is 0 Å². The number of hydrogen-bond acceptors (Lipinski definition) is 0. The molecule has 0 aliphatic heterocycles. The molecule has 0 radical (unpaired) electrons. The molecule has 0 heterocycles. The van der Waals surface area contributed by atoms with Crippen molar-refractivity contribution in [3.8, 4) is 0 Å². The maximum Gasteiger partial charge on any atom is 2.00 e. The number of hydrogen-bond donors (Lipinski definition) is 0. The van der Waals surface area contributed by atoms with Gasteiger partial charge in [0.05, 0.1) is 0 Å². The van der Waals surface area contributed by atoms with Gasteiger partial charge in [-0.3, -0.25) is 0 Å². The molecule has 7 heavy (non-hydrogen) atoms. The van der Waals surface area contributed by atoms with Crippen molar-refractivity contribution in [2.75, 3.05) is 0 Å². The molecular weight excluding hydrogens is 600 g/mol. The standard InChI is InChI=1S/4CH3.3W/h4*1H3;;;/q4*-1;;;+2. The molecule has 3 heteroatoms. The van der Waals surface area contributed by atoms with E-state index in [1.807, 2.05) is 0 Å². The van der Waals surface area contributed by atoms with Crippen molar-refractivity contribution in [3.63, 3.8) is 0 Å². The van der Waals surface area contributed by atoms with Crippen molar-refractivity contribution in [2.45, 2.75) is 0 Å². The van der Waals surface area contributed by atoms with E-state index in [-0.39, 0.29) is 92.9 Å². The summed E-state index contributed by atoms with van der Waals surface area (Å²) in [5.74, 6) is 0. The molecule has 0 amide bonds. The summed E-state index contributed by atoms with van der Waals surface area (Å²) in [7, 11) is 0. The SMILES string of the molecule is [CH3-].[CH3-].[CH3-].[CH3-].[W+2].[W].[W]. The van der Waals surface area contributed by atoms with E-state index in [1.54, 1.807) is 0 Å². The van der Waals surface area contributed by atoms with E-state index in [9.17, 15) is 0 Å². The fourth-order valence-corrected chi connectivity index (χ4v) is 0. The summed E-state index contributed by atoms with van der Waals surface area (Å²) in [6, 6.07) is 0. The first-order chi connectivity index (χ1) is 0. The van der Waals surface area contributed by atoms with E-state index in [0.29, 0.717) is 0 Å². The van der Waals surface area contributed by atoms with Gasteiger partial charge >= 0.3 is 21.1 Å². The summed E-state index contributed by atoms with van der Waals surface area (Å²) in [4.78, 5) is 0. The van der Waals surface area contributed by atoms with Crippen LogP contribution in [0.15, 0.2) is 0 Å². The molecular formula is C4H12W3-2. The van der Waals surface area contributed by atoms with E-state index in [2.05, 4.69) is 0 Å². The molecule has 0 saturated heterocycles. The zero-order chi connectivity index (χ0) is 0. The summed E-state index contributed by atoms with van der Waals surface area (Å²) < 4.78 is 0. The molecule has 0 aromatic carbocycles. The molecule has 0 fully saturated rings. The number of rotatable bonds is 0. The Morgan fingerprint density at radius 1 is 0.429 bits per heavy atom. The van der Waals surface area contributed by atoms with Crippen LogP contribution in [0.4, 0.5) is 0 Å². The smallest absolute Gasteiger partial charge is 0.358 e. The first-order valence-corrected chi connectivity index (χ1v) is 0. The molecule has 0 N–H and O–H groups in total. The Labute approximate surface area is 92.0 Å². The van der Waals surface area contributed by atoms with Crippen molar-refractivity contribution in [1.29, 1.82) is 0 Å². The van der Waals surface area contributed by atoms with Gasteiger partial charge in [-0.05, 0) is 0 Å². The van der Waals surface area contributed by atoms with Crippen molar-refractivity contribution >= 4 is 0 Å². The molecule has 0 aliphatic rings. The monoisotopic (exact) mass is 612 g/mol. The zero-order valence-corrected chi connectivity index (χ0v) is 14.0. The molecule has 0 saturated carbocycles. The molecule has 0 atom stereocenters. The normalized spacial score (nSPS) is 0. The minimum Gasteiger partial charge on any atom is -0.358 e. The van der Waals surface area contributed by atoms with Gasteiger partial charge in [0, 0.05) is 42.1 Å². The van der Waals surface area contributed by atoms with Gasteiger partial charge in [0.1, 0.15) is 0 Å². The molecule has 48 valence electrons. The van der Waals surface area contributed by atoms with Gasteiger partial charge in [0.25, 0.3) is 0 Å². The third-order valence-corrected chi connectivity index (χ3v) is 0. The minimum atomic E-state index is 0. The summed E-state index contributed by atoms with van der Waals surface area (Å²) >= 11 is 0. The van der Waals surface area contributed by atoms with Crippen LogP contribution in [0.3, 0.4) is 0 Å². The van der Waals surface area contributed by atoms with Crippen LogP contribution in [0.5, 0.6) is 0 Å². The van der Waals surface area contributed by atoms with E-state index in [4.69, 9.17) is 0 Å². The first-order valence-electron chi connectivity index (χ1n) is 0. The van der Waals surface area contributed by atoms with Gasteiger partial charge in [-0.15, -0.1) is 0 Å². The predicted molar refractivity (Wildman–Crippen MR) is 25.7 cm³/mol. The molecule has 0 aliphatic carbocycles. The quantitative estimate of drug-likeness (QED) is 0.367. The van der Waals surface area contributed by atoms with Gasteiger partial charge in [-0.1, -0.05) is 0 Å². The Morgan fingerprint density at radius 2 is 0.429 bits per heavy atom. The van der Waals surface area contributed by atoms with Crippen LogP contribution in [0.2, 0.25) is 0 Å².